The SMILES string of the molecule is C[C@H](Cc1cnccn1)NC1CCN(c2ncccn2)CC1. The number of anilines is 1. The number of aromatic nitrogens is 4. The summed E-state index contributed by atoms with van der Waals surface area (Å²) >= 11 is 0. The Morgan fingerprint density at radius 3 is 2.59 bits per heavy atom. The molecule has 0 spiro atoms. The summed E-state index contributed by atoms with van der Waals surface area (Å²) in [5.41, 5.74) is 1.04. The van der Waals surface area contributed by atoms with Gasteiger partial charge in [-0.2, -0.15) is 0 Å². The number of nitrogens with one attached hydrogen (secondary N) is 1. The van der Waals surface area contributed by atoms with Gasteiger partial charge in [-0.1, -0.05) is 0 Å². The number of rotatable bonds is 5. The van der Waals surface area contributed by atoms with Crippen molar-refractivity contribution in [2.24, 2.45) is 0 Å². The van der Waals surface area contributed by atoms with Crippen LogP contribution in [0.3, 0.4) is 0 Å². The molecule has 0 radical (unpaired) electrons. The van der Waals surface area contributed by atoms with Crippen molar-refractivity contribution in [1.29, 1.82) is 0 Å². The normalized spacial score (nSPS) is 17.4. The molecule has 3 heterocycles. The summed E-state index contributed by atoms with van der Waals surface area (Å²) in [5, 5.41) is 3.70. The summed E-state index contributed by atoms with van der Waals surface area (Å²) in [4.78, 5) is 19.4. The zero-order valence-corrected chi connectivity index (χ0v) is 12.9. The predicted octanol–water partition coefficient (Wildman–Crippen LogP) is 1.46. The largest absolute Gasteiger partial charge is 0.341 e. The van der Waals surface area contributed by atoms with Crippen LogP contribution in [-0.4, -0.2) is 45.1 Å². The highest BCUT2D eigenvalue weighted by atomic mass is 15.3. The molecule has 3 rings (SSSR count). The number of hydrogen-bond donors (Lipinski definition) is 1. The molecule has 2 aromatic heterocycles. The molecule has 0 aliphatic carbocycles. The molecule has 0 bridgehead atoms. The summed E-state index contributed by atoms with van der Waals surface area (Å²) in [7, 11) is 0. The lowest BCUT2D eigenvalue weighted by Crippen LogP contribution is -2.46. The molecule has 116 valence electrons. The van der Waals surface area contributed by atoms with Crippen molar-refractivity contribution in [3.8, 4) is 0 Å². The average Bonchev–Trinajstić information content (AvgIpc) is 2.57. The Hall–Kier alpha value is -2.08. The van der Waals surface area contributed by atoms with E-state index in [0.717, 1.165) is 44.0 Å². The minimum Gasteiger partial charge on any atom is -0.341 e. The third kappa shape index (κ3) is 3.98. The first-order chi connectivity index (χ1) is 10.8. The summed E-state index contributed by atoms with van der Waals surface area (Å²) < 4.78 is 0. The average molecular weight is 298 g/mol. The lowest BCUT2D eigenvalue weighted by molar-refractivity contribution is 0.372. The fraction of sp³-hybridized carbons (Fsp3) is 0.500. The molecule has 1 atom stereocenters. The summed E-state index contributed by atoms with van der Waals surface area (Å²) in [6.45, 7) is 4.21. The van der Waals surface area contributed by atoms with E-state index in [2.05, 4.69) is 37.1 Å². The van der Waals surface area contributed by atoms with Gasteiger partial charge in [0.25, 0.3) is 0 Å². The first kappa shape index (κ1) is 14.8. The molecule has 1 aliphatic rings. The molecule has 0 aromatic carbocycles. The fourth-order valence-corrected chi connectivity index (χ4v) is 2.91. The molecule has 6 nitrogen and oxygen atoms in total. The van der Waals surface area contributed by atoms with Gasteiger partial charge in [0, 0.05) is 62.6 Å². The van der Waals surface area contributed by atoms with Gasteiger partial charge in [0.1, 0.15) is 0 Å². The van der Waals surface area contributed by atoms with Crippen molar-refractivity contribution >= 4 is 5.95 Å². The van der Waals surface area contributed by atoms with Gasteiger partial charge in [-0.3, -0.25) is 9.97 Å². The van der Waals surface area contributed by atoms with Crippen molar-refractivity contribution < 1.29 is 0 Å². The molecule has 0 unspecified atom stereocenters. The third-order valence-electron chi connectivity index (χ3n) is 3.98. The highest BCUT2D eigenvalue weighted by Crippen LogP contribution is 2.16. The van der Waals surface area contributed by atoms with Crippen LogP contribution in [0.15, 0.2) is 37.1 Å². The highest BCUT2D eigenvalue weighted by molar-refractivity contribution is 5.29. The monoisotopic (exact) mass is 298 g/mol. The maximum atomic E-state index is 4.34. The van der Waals surface area contributed by atoms with Crippen molar-refractivity contribution in [3.63, 3.8) is 0 Å². The van der Waals surface area contributed by atoms with E-state index in [0.29, 0.717) is 12.1 Å². The lowest BCUT2D eigenvalue weighted by Gasteiger charge is -2.33. The van der Waals surface area contributed by atoms with Crippen LogP contribution in [0.4, 0.5) is 5.95 Å². The molecule has 2 aromatic rings. The van der Waals surface area contributed by atoms with Crippen LogP contribution in [0.2, 0.25) is 0 Å². The minimum atomic E-state index is 0.404. The Bertz CT molecular complexity index is 553. The Morgan fingerprint density at radius 2 is 1.91 bits per heavy atom. The standard InChI is InChI=1S/C16H22N6/c1-13(11-15-12-17-7-8-18-15)21-14-3-9-22(10-4-14)16-19-5-2-6-20-16/h2,5-8,12-14,21H,3-4,9-11H2,1H3/t13-/m1/s1. The van der Waals surface area contributed by atoms with Gasteiger partial charge in [-0.05, 0) is 25.8 Å². The fourth-order valence-electron chi connectivity index (χ4n) is 2.91. The van der Waals surface area contributed by atoms with Gasteiger partial charge in [0.05, 0.1) is 5.69 Å². The lowest BCUT2D eigenvalue weighted by atomic mass is 10.0. The third-order valence-corrected chi connectivity index (χ3v) is 3.98. The smallest absolute Gasteiger partial charge is 0.225 e. The topological polar surface area (TPSA) is 66.8 Å². The van der Waals surface area contributed by atoms with Gasteiger partial charge >= 0.3 is 0 Å². The van der Waals surface area contributed by atoms with Gasteiger partial charge in [-0.25, -0.2) is 9.97 Å². The van der Waals surface area contributed by atoms with E-state index in [1.807, 2.05) is 12.3 Å². The second-order valence-electron chi connectivity index (χ2n) is 5.78. The van der Waals surface area contributed by atoms with Crippen LogP contribution in [-0.2, 0) is 6.42 Å². The van der Waals surface area contributed by atoms with Gasteiger partial charge in [-0.15, -0.1) is 0 Å². The number of piperidine rings is 1. The second-order valence-corrected chi connectivity index (χ2v) is 5.78. The predicted molar refractivity (Wildman–Crippen MR) is 85.6 cm³/mol. The van der Waals surface area contributed by atoms with Crippen LogP contribution in [0.1, 0.15) is 25.5 Å². The van der Waals surface area contributed by atoms with Crippen molar-refractivity contribution in [3.05, 3.63) is 42.7 Å². The quantitative estimate of drug-likeness (QED) is 0.901. The minimum absolute atomic E-state index is 0.404. The molecule has 1 aliphatic heterocycles. The number of nitrogens with zero attached hydrogens (tertiary/aromatic N) is 5. The zero-order chi connectivity index (χ0) is 15.2. The van der Waals surface area contributed by atoms with Crippen LogP contribution in [0, 0.1) is 0 Å². The van der Waals surface area contributed by atoms with Gasteiger partial charge in [0.15, 0.2) is 0 Å². The Kier molecular flexibility index (Phi) is 4.90. The van der Waals surface area contributed by atoms with E-state index >= 15 is 0 Å². The molecule has 0 amide bonds. The van der Waals surface area contributed by atoms with E-state index in [9.17, 15) is 0 Å². The molecule has 6 heteroatoms. The van der Waals surface area contributed by atoms with Gasteiger partial charge in [0.2, 0.25) is 5.95 Å². The molecule has 1 N–H and O–H groups in total. The first-order valence-corrected chi connectivity index (χ1v) is 7.84. The Morgan fingerprint density at radius 1 is 1.14 bits per heavy atom. The second kappa shape index (κ2) is 7.26. The van der Waals surface area contributed by atoms with Crippen molar-refractivity contribution in [2.45, 2.75) is 38.3 Å². The van der Waals surface area contributed by atoms with Crippen LogP contribution in [0.25, 0.3) is 0 Å². The van der Waals surface area contributed by atoms with E-state index < -0.39 is 0 Å². The van der Waals surface area contributed by atoms with Crippen LogP contribution < -0.4 is 10.2 Å². The maximum absolute atomic E-state index is 4.34. The molecule has 1 saturated heterocycles. The highest BCUT2D eigenvalue weighted by Gasteiger charge is 2.21. The van der Waals surface area contributed by atoms with Crippen molar-refractivity contribution in [2.75, 3.05) is 18.0 Å². The molecular weight excluding hydrogens is 276 g/mol. The Labute approximate surface area is 131 Å². The van der Waals surface area contributed by atoms with E-state index in [-0.39, 0.29) is 0 Å². The van der Waals surface area contributed by atoms with Gasteiger partial charge < -0.3 is 10.2 Å². The zero-order valence-electron chi connectivity index (χ0n) is 12.9. The van der Waals surface area contributed by atoms with Crippen LogP contribution >= 0.6 is 0 Å². The number of hydrogen-bond acceptors (Lipinski definition) is 6. The van der Waals surface area contributed by atoms with E-state index in [1.165, 1.54) is 0 Å². The Balaban J connectivity index is 1.46. The van der Waals surface area contributed by atoms with Crippen molar-refractivity contribution in [1.82, 2.24) is 25.3 Å². The molecule has 1 fully saturated rings. The summed E-state index contributed by atoms with van der Waals surface area (Å²) in [5.74, 6) is 0.841. The summed E-state index contributed by atoms with van der Waals surface area (Å²) in [6.07, 6.45) is 12.0. The van der Waals surface area contributed by atoms with Crippen LogP contribution in [0.5, 0.6) is 0 Å². The summed E-state index contributed by atoms with van der Waals surface area (Å²) in [6, 6.07) is 2.80. The first-order valence-electron chi connectivity index (χ1n) is 7.84. The molecule has 0 saturated carbocycles. The van der Waals surface area contributed by atoms with E-state index in [4.69, 9.17) is 0 Å². The van der Waals surface area contributed by atoms with E-state index in [1.54, 1.807) is 24.8 Å². The molecular formula is C16H22N6. The molecule has 22 heavy (non-hydrogen) atoms. The maximum Gasteiger partial charge on any atom is 0.225 e.